The first-order chi connectivity index (χ1) is 7.99. The van der Waals surface area contributed by atoms with Crippen LogP contribution >= 0.6 is 23.2 Å². The molecule has 1 aromatic carbocycles. The molecule has 0 aliphatic heterocycles. The molecule has 1 rings (SSSR count). The minimum absolute atomic E-state index is 0.386. The molecule has 0 amide bonds. The van der Waals surface area contributed by atoms with E-state index in [1.54, 1.807) is 24.3 Å². The van der Waals surface area contributed by atoms with Crippen molar-refractivity contribution in [2.75, 3.05) is 0 Å². The number of halogens is 2. The molecular formula is C11H8Cl2O4. The minimum Gasteiger partial charge on any atom is -0.298 e. The molecule has 17 heavy (non-hydrogen) atoms. The van der Waals surface area contributed by atoms with Crippen molar-refractivity contribution in [2.45, 2.75) is 6.42 Å². The van der Waals surface area contributed by atoms with E-state index in [0.717, 1.165) is 12.6 Å². The largest absolute Gasteiger partial charge is 0.298 e. The van der Waals surface area contributed by atoms with Crippen molar-refractivity contribution in [3.63, 3.8) is 0 Å². The van der Waals surface area contributed by atoms with Crippen LogP contribution in [0.5, 0.6) is 0 Å². The van der Waals surface area contributed by atoms with Crippen molar-refractivity contribution in [1.82, 2.24) is 0 Å². The predicted octanol–water partition coefficient (Wildman–Crippen LogP) is 2.22. The second kappa shape index (κ2) is 8.61. The predicted molar refractivity (Wildman–Crippen MR) is 63.6 cm³/mol. The van der Waals surface area contributed by atoms with Gasteiger partial charge in [-0.1, -0.05) is 24.3 Å². The number of carbonyl (C=O) groups is 4. The number of hydrogen-bond acceptors (Lipinski definition) is 4. The summed E-state index contributed by atoms with van der Waals surface area (Å²) in [6.45, 7) is 0. The molecule has 0 radical (unpaired) electrons. The van der Waals surface area contributed by atoms with Gasteiger partial charge in [0, 0.05) is 11.1 Å². The Morgan fingerprint density at radius 1 is 0.882 bits per heavy atom. The molecule has 0 unspecified atom stereocenters. The fourth-order valence-electron chi connectivity index (χ4n) is 0.762. The molecule has 0 aliphatic rings. The average molecular weight is 275 g/mol. The van der Waals surface area contributed by atoms with Gasteiger partial charge in [0.05, 0.1) is 6.42 Å². The van der Waals surface area contributed by atoms with Crippen molar-refractivity contribution >= 4 is 46.3 Å². The van der Waals surface area contributed by atoms with Gasteiger partial charge in [-0.05, 0) is 23.2 Å². The SMILES string of the molecule is O=C(Cl)CC(=O)Cl.O=Cc1ccc(C=O)cc1. The second-order valence-electron chi connectivity index (χ2n) is 2.79. The third kappa shape index (κ3) is 8.30. The smallest absolute Gasteiger partial charge is 0.230 e. The monoisotopic (exact) mass is 274 g/mol. The molecule has 90 valence electrons. The zero-order valence-electron chi connectivity index (χ0n) is 8.56. The zero-order valence-corrected chi connectivity index (χ0v) is 10.1. The van der Waals surface area contributed by atoms with Crippen molar-refractivity contribution < 1.29 is 19.2 Å². The van der Waals surface area contributed by atoms with Crippen LogP contribution in [0.3, 0.4) is 0 Å². The molecule has 4 nitrogen and oxygen atoms in total. The molecule has 0 bridgehead atoms. The third-order valence-corrected chi connectivity index (χ3v) is 1.75. The summed E-state index contributed by atoms with van der Waals surface area (Å²) in [5.41, 5.74) is 1.18. The van der Waals surface area contributed by atoms with Gasteiger partial charge in [0.15, 0.2) is 0 Å². The molecule has 0 atom stereocenters. The molecule has 0 aromatic heterocycles. The lowest BCUT2D eigenvalue weighted by Crippen LogP contribution is -1.92. The van der Waals surface area contributed by atoms with Gasteiger partial charge in [-0.15, -0.1) is 0 Å². The lowest BCUT2D eigenvalue weighted by molar-refractivity contribution is -0.118. The quantitative estimate of drug-likeness (QED) is 0.480. The highest BCUT2D eigenvalue weighted by atomic mass is 35.5. The normalized spacial score (nSPS) is 8.59. The highest BCUT2D eigenvalue weighted by molar-refractivity contribution is 6.72. The first-order valence-electron chi connectivity index (χ1n) is 4.36. The molecule has 1 aromatic rings. The summed E-state index contributed by atoms with van der Waals surface area (Å²) in [6.07, 6.45) is 1.10. The summed E-state index contributed by atoms with van der Waals surface area (Å²) in [5.74, 6) is 0. The van der Waals surface area contributed by atoms with Crippen LogP contribution in [-0.2, 0) is 9.59 Å². The van der Waals surface area contributed by atoms with E-state index in [9.17, 15) is 19.2 Å². The van der Waals surface area contributed by atoms with Crippen LogP contribution in [0.15, 0.2) is 24.3 Å². The van der Waals surface area contributed by atoms with Crippen molar-refractivity contribution in [3.05, 3.63) is 35.4 Å². The van der Waals surface area contributed by atoms with Gasteiger partial charge in [0.1, 0.15) is 12.6 Å². The van der Waals surface area contributed by atoms with Crippen molar-refractivity contribution in [1.29, 1.82) is 0 Å². The van der Waals surface area contributed by atoms with Gasteiger partial charge >= 0.3 is 0 Å². The van der Waals surface area contributed by atoms with E-state index in [-0.39, 0.29) is 6.42 Å². The van der Waals surface area contributed by atoms with E-state index in [1.165, 1.54) is 0 Å². The molecule has 6 heteroatoms. The standard InChI is InChI=1S/C8H6O2.C3H2Cl2O2/c9-5-7-1-2-8(6-10)4-3-7;4-2(6)1-3(5)7/h1-6H;1H2. The van der Waals surface area contributed by atoms with E-state index in [4.69, 9.17) is 23.2 Å². The number of benzene rings is 1. The Labute approximate surface area is 108 Å². The van der Waals surface area contributed by atoms with Gasteiger partial charge < -0.3 is 0 Å². The number of hydrogen-bond donors (Lipinski definition) is 0. The average Bonchev–Trinajstić information content (AvgIpc) is 2.28. The highest BCUT2D eigenvalue weighted by Gasteiger charge is 2.00. The highest BCUT2D eigenvalue weighted by Crippen LogP contribution is 1.98. The van der Waals surface area contributed by atoms with Gasteiger partial charge in [-0.3, -0.25) is 19.2 Å². The van der Waals surface area contributed by atoms with Gasteiger partial charge in [0.2, 0.25) is 10.5 Å². The Morgan fingerprint density at radius 2 is 1.18 bits per heavy atom. The summed E-state index contributed by atoms with van der Waals surface area (Å²) < 4.78 is 0. The minimum atomic E-state index is -0.722. The fourth-order valence-corrected chi connectivity index (χ4v) is 1.07. The van der Waals surface area contributed by atoms with Crippen LogP contribution < -0.4 is 0 Å². The van der Waals surface area contributed by atoms with E-state index in [0.29, 0.717) is 11.1 Å². The topological polar surface area (TPSA) is 68.3 Å². The summed E-state index contributed by atoms with van der Waals surface area (Å²) in [4.78, 5) is 39.7. The summed E-state index contributed by atoms with van der Waals surface area (Å²) in [5, 5.41) is -1.44. The Hall–Kier alpha value is -1.52. The van der Waals surface area contributed by atoms with E-state index in [1.807, 2.05) is 0 Å². The number of rotatable bonds is 4. The molecule has 0 fully saturated rings. The lowest BCUT2D eigenvalue weighted by Gasteiger charge is -1.88. The van der Waals surface area contributed by atoms with Crippen LogP contribution in [0.1, 0.15) is 27.1 Å². The number of aldehydes is 2. The van der Waals surface area contributed by atoms with Crippen LogP contribution in [-0.4, -0.2) is 23.1 Å². The molecule has 0 heterocycles. The molecule has 0 saturated heterocycles. The van der Waals surface area contributed by atoms with Crippen molar-refractivity contribution in [3.8, 4) is 0 Å². The molecule has 0 N–H and O–H groups in total. The summed E-state index contributed by atoms with van der Waals surface area (Å²) in [7, 11) is 0. The number of carbonyl (C=O) groups excluding carboxylic acids is 4. The van der Waals surface area contributed by atoms with Gasteiger partial charge in [-0.25, -0.2) is 0 Å². The first kappa shape index (κ1) is 15.5. The van der Waals surface area contributed by atoms with E-state index in [2.05, 4.69) is 0 Å². The van der Waals surface area contributed by atoms with Crippen LogP contribution in [0.2, 0.25) is 0 Å². The second-order valence-corrected chi connectivity index (χ2v) is 3.63. The van der Waals surface area contributed by atoms with E-state index < -0.39 is 10.5 Å². The van der Waals surface area contributed by atoms with Crippen LogP contribution in [0.4, 0.5) is 0 Å². The van der Waals surface area contributed by atoms with Gasteiger partial charge in [0.25, 0.3) is 0 Å². The molecule has 0 aliphatic carbocycles. The fraction of sp³-hybridized carbons (Fsp3) is 0.0909. The summed E-state index contributed by atoms with van der Waals surface area (Å²) >= 11 is 9.46. The maximum Gasteiger partial charge on any atom is 0.230 e. The Morgan fingerprint density at radius 3 is 1.29 bits per heavy atom. The molecule has 0 saturated carbocycles. The van der Waals surface area contributed by atoms with Gasteiger partial charge in [-0.2, -0.15) is 0 Å². The maximum absolute atomic E-state index is 10.1. The van der Waals surface area contributed by atoms with Crippen LogP contribution in [0, 0.1) is 0 Å². The Bertz CT molecular complexity index is 373. The first-order valence-corrected chi connectivity index (χ1v) is 5.12. The Kier molecular flexibility index (Phi) is 7.84. The van der Waals surface area contributed by atoms with Crippen molar-refractivity contribution in [2.24, 2.45) is 0 Å². The summed E-state index contributed by atoms with van der Waals surface area (Å²) in [6, 6.07) is 6.43. The lowest BCUT2D eigenvalue weighted by atomic mass is 10.2. The van der Waals surface area contributed by atoms with Crippen LogP contribution in [0.25, 0.3) is 0 Å². The van der Waals surface area contributed by atoms with E-state index >= 15 is 0 Å². The Balaban J connectivity index is 0.000000325. The molecular weight excluding hydrogens is 267 g/mol. The third-order valence-electron chi connectivity index (χ3n) is 1.49. The maximum atomic E-state index is 10.1. The molecule has 0 spiro atoms. The zero-order chi connectivity index (χ0) is 13.3.